The number of carbonyl (C=O) groups is 3. The normalized spacial score (nSPS) is 16.6. The maximum atomic E-state index is 12.8. The number of fused-ring (bicyclic) bond motifs is 2. The molecule has 1 heterocycles. The Bertz CT molecular complexity index is 1430. The van der Waals surface area contributed by atoms with Gasteiger partial charge in [0.05, 0.1) is 12.1 Å². The Morgan fingerprint density at radius 1 is 0.824 bits per heavy atom. The predicted octanol–water partition coefficient (Wildman–Crippen LogP) is 4.90. The van der Waals surface area contributed by atoms with Crippen molar-refractivity contribution < 1.29 is 19.5 Å². The van der Waals surface area contributed by atoms with Crippen LogP contribution in [0.25, 0.3) is 10.8 Å². The summed E-state index contributed by atoms with van der Waals surface area (Å²) in [6, 6.07) is 26.1. The van der Waals surface area contributed by atoms with Crippen LogP contribution in [0.4, 0.5) is 21.9 Å². The first-order valence-corrected chi connectivity index (χ1v) is 10.8. The summed E-state index contributed by atoms with van der Waals surface area (Å²) >= 11 is 0. The summed E-state index contributed by atoms with van der Waals surface area (Å²) in [5.41, 5.74) is 0.479. The third-order valence-electron chi connectivity index (χ3n) is 5.92. The number of hydrogen-bond donors (Lipinski definition) is 4. The summed E-state index contributed by atoms with van der Waals surface area (Å²) in [4.78, 5) is 37.7. The van der Waals surface area contributed by atoms with Gasteiger partial charge in [-0.3, -0.25) is 9.59 Å². The van der Waals surface area contributed by atoms with Crippen LogP contribution in [-0.2, 0) is 10.4 Å². The molecule has 1 aliphatic rings. The van der Waals surface area contributed by atoms with E-state index in [0.29, 0.717) is 28.2 Å². The Hall–Kier alpha value is -4.49. The van der Waals surface area contributed by atoms with Gasteiger partial charge in [-0.25, -0.2) is 4.79 Å². The lowest BCUT2D eigenvalue weighted by atomic mass is 9.88. The third kappa shape index (κ3) is 3.89. The Kier molecular flexibility index (Phi) is 5.31. The second kappa shape index (κ2) is 8.46. The lowest BCUT2D eigenvalue weighted by Crippen LogP contribution is -2.36. The average molecular weight is 451 g/mol. The molecular weight excluding hydrogens is 430 g/mol. The SMILES string of the molecule is O=C(Nc1ccc(C(=O)CC2(O)C(=O)Nc3ccccc32)cc1)Nc1cccc2ccccc12. The molecule has 0 aromatic heterocycles. The summed E-state index contributed by atoms with van der Waals surface area (Å²) < 4.78 is 0. The van der Waals surface area contributed by atoms with Gasteiger partial charge in [0.25, 0.3) is 5.91 Å². The van der Waals surface area contributed by atoms with Gasteiger partial charge in [0.2, 0.25) is 0 Å². The van der Waals surface area contributed by atoms with Crippen molar-refractivity contribution in [2.24, 2.45) is 0 Å². The fraction of sp³-hybridized carbons (Fsp3) is 0.0741. The highest BCUT2D eigenvalue weighted by Crippen LogP contribution is 2.38. The highest BCUT2D eigenvalue weighted by atomic mass is 16.3. The molecule has 0 radical (unpaired) electrons. The van der Waals surface area contributed by atoms with Crippen LogP contribution in [0, 0.1) is 0 Å². The maximum Gasteiger partial charge on any atom is 0.323 e. The minimum Gasteiger partial charge on any atom is -0.375 e. The van der Waals surface area contributed by atoms with E-state index in [1.54, 1.807) is 48.5 Å². The number of rotatable bonds is 5. The van der Waals surface area contributed by atoms with Crippen molar-refractivity contribution >= 4 is 45.6 Å². The third-order valence-corrected chi connectivity index (χ3v) is 5.92. The number of carbonyl (C=O) groups excluding carboxylic acids is 3. The highest BCUT2D eigenvalue weighted by Gasteiger charge is 2.46. The first-order chi connectivity index (χ1) is 16.4. The maximum absolute atomic E-state index is 12.8. The van der Waals surface area contributed by atoms with E-state index in [1.165, 1.54) is 0 Å². The average Bonchev–Trinajstić information content (AvgIpc) is 3.09. The van der Waals surface area contributed by atoms with Crippen molar-refractivity contribution in [3.05, 3.63) is 102 Å². The topological polar surface area (TPSA) is 108 Å². The van der Waals surface area contributed by atoms with Gasteiger partial charge in [-0.2, -0.15) is 0 Å². The summed E-state index contributed by atoms with van der Waals surface area (Å²) in [7, 11) is 0. The molecule has 0 aliphatic carbocycles. The van der Waals surface area contributed by atoms with E-state index in [0.717, 1.165) is 10.8 Å². The lowest BCUT2D eigenvalue weighted by molar-refractivity contribution is -0.133. The van der Waals surface area contributed by atoms with Crippen molar-refractivity contribution in [2.75, 3.05) is 16.0 Å². The molecule has 4 aromatic rings. The molecule has 168 valence electrons. The number of anilines is 3. The van der Waals surface area contributed by atoms with Crippen molar-refractivity contribution in [1.82, 2.24) is 0 Å². The minimum absolute atomic E-state index is 0.325. The summed E-state index contributed by atoms with van der Waals surface area (Å²) in [5, 5.41) is 21.1. The van der Waals surface area contributed by atoms with Gasteiger partial charge in [0.15, 0.2) is 11.4 Å². The zero-order valence-corrected chi connectivity index (χ0v) is 18.0. The zero-order chi connectivity index (χ0) is 23.7. The van der Waals surface area contributed by atoms with Gasteiger partial charge >= 0.3 is 6.03 Å². The number of aliphatic hydroxyl groups is 1. The van der Waals surface area contributed by atoms with E-state index in [9.17, 15) is 19.5 Å². The van der Waals surface area contributed by atoms with Crippen molar-refractivity contribution in [3.8, 4) is 0 Å². The van der Waals surface area contributed by atoms with Crippen LogP contribution in [0.15, 0.2) is 91.0 Å². The van der Waals surface area contributed by atoms with Crippen molar-refractivity contribution in [3.63, 3.8) is 0 Å². The van der Waals surface area contributed by atoms with E-state index in [2.05, 4.69) is 16.0 Å². The first kappa shape index (κ1) is 21.4. The van der Waals surface area contributed by atoms with Crippen LogP contribution in [-0.4, -0.2) is 22.8 Å². The number of hydrogen-bond acceptors (Lipinski definition) is 4. The van der Waals surface area contributed by atoms with Crippen LogP contribution in [0.1, 0.15) is 22.3 Å². The minimum atomic E-state index is -1.91. The van der Waals surface area contributed by atoms with E-state index in [-0.39, 0.29) is 12.2 Å². The molecule has 3 amide bonds. The lowest BCUT2D eigenvalue weighted by Gasteiger charge is -2.20. The van der Waals surface area contributed by atoms with E-state index >= 15 is 0 Å². The molecule has 0 bridgehead atoms. The van der Waals surface area contributed by atoms with Gasteiger partial charge in [-0.05, 0) is 41.8 Å². The fourth-order valence-electron chi connectivity index (χ4n) is 4.17. The van der Waals surface area contributed by atoms with Gasteiger partial charge in [-0.15, -0.1) is 0 Å². The smallest absolute Gasteiger partial charge is 0.323 e. The van der Waals surface area contributed by atoms with Gasteiger partial charge in [0, 0.05) is 27.9 Å². The number of para-hydroxylation sites is 1. The molecule has 7 heteroatoms. The zero-order valence-electron chi connectivity index (χ0n) is 18.0. The first-order valence-electron chi connectivity index (χ1n) is 10.8. The molecule has 4 N–H and O–H groups in total. The van der Waals surface area contributed by atoms with E-state index in [1.807, 2.05) is 42.5 Å². The van der Waals surface area contributed by atoms with Crippen molar-refractivity contribution in [1.29, 1.82) is 0 Å². The number of nitrogens with one attached hydrogen (secondary N) is 3. The number of Topliss-reactive ketones (excluding diaryl/α,β-unsaturated/α-hetero) is 1. The molecule has 0 saturated heterocycles. The monoisotopic (exact) mass is 451 g/mol. The van der Waals surface area contributed by atoms with E-state index in [4.69, 9.17) is 0 Å². The Morgan fingerprint density at radius 3 is 2.35 bits per heavy atom. The van der Waals surface area contributed by atoms with Gasteiger partial charge in [-0.1, -0.05) is 54.6 Å². The van der Waals surface area contributed by atoms with Crippen molar-refractivity contribution in [2.45, 2.75) is 12.0 Å². The second-order valence-corrected chi connectivity index (χ2v) is 8.14. The van der Waals surface area contributed by atoms with Crippen LogP contribution in [0.2, 0.25) is 0 Å². The molecule has 1 unspecified atom stereocenters. The molecule has 0 saturated carbocycles. The summed E-state index contributed by atoms with van der Waals surface area (Å²) in [6.45, 7) is 0. The second-order valence-electron chi connectivity index (χ2n) is 8.14. The molecule has 1 atom stereocenters. The standard InChI is InChI=1S/C27H21N3O4/c31-24(16-27(34)21-9-3-4-10-23(21)29-25(27)32)18-12-14-19(15-13-18)28-26(33)30-22-11-5-7-17-6-1-2-8-20(17)22/h1-15,34H,16H2,(H,29,32)(H2,28,30,33). The van der Waals surface area contributed by atoms with Gasteiger partial charge in [0.1, 0.15) is 0 Å². The summed E-state index contributed by atoms with van der Waals surface area (Å²) in [5.74, 6) is -1.01. The largest absolute Gasteiger partial charge is 0.375 e. The predicted molar refractivity (Wildman–Crippen MR) is 131 cm³/mol. The van der Waals surface area contributed by atoms with Crippen LogP contribution >= 0.6 is 0 Å². The van der Waals surface area contributed by atoms with Gasteiger partial charge < -0.3 is 21.1 Å². The number of urea groups is 1. The molecule has 1 aliphatic heterocycles. The summed E-state index contributed by atoms with van der Waals surface area (Å²) in [6.07, 6.45) is -0.385. The number of amides is 3. The molecule has 4 aromatic carbocycles. The Balaban J connectivity index is 1.26. The molecule has 0 fully saturated rings. The van der Waals surface area contributed by atoms with Crippen LogP contribution < -0.4 is 16.0 Å². The molecule has 5 rings (SSSR count). The highest BCUT2D eigenvalue weighted by molar-refractivity contribution is 6.10. The Labute approximate surface area is 195 Å². The Morgan fingerprint density at radius 2 is 1.53 bits per heavy atom. The number of ketones is 1. The quantitative estimate of drug-likeness (QED) is 0.324. The molecule has 34 heavy (non-hydrogen) atoms. The molecule has 0 spiro atoms. The van der Waals surface area contributed by atoms with Crippen LogP contribution in [0.3, 0.4) is 0 Å². The van der Waals surface area contributed by atoms with E-state index < -0.39 is 17.5 Å². The molecular formula is C27H21N3O4. The number of benzene rings is 4. The molecule has 7 nitrogen and oxygen atoms in total. The van der Waals surface area contributed by atoms with Crippen LogP contribution in [0.5, 0.6) is 0 Å². The fourth-order valence-corrected chi connectivity index (χ4v) is 4.17.